The van der Waals surface area contributed by atoms with Crippen LogP contribution >= 0.6 is 28.3 Å². The molecular formula is C12H11BrClF2N3. The lowest BCUT2D eigenvalue weighted by molar-refractivity contribution is 0.575. The van der Waals surface area contributed by atoms with Gasteiger partial charge in [0, 0.05) is 12.3 Å². The minimum absolute atomic E-state index is 0. The summed E-state index contributed by atoms with van der Waals surface area (Å²) in [4.78, 5) is 7.88. The third-order valence-corrected chi connectivity index (χ3v) is 3.04. The molecular weight excluding hydrogens is 340 g/mol. The number of hydrogen-bond donors (Lipinski definition) is 1. The van der Waals surface area contributed by atoms with Crippen molar-refractivity contribution in [1.29, 1.82) is 0 Å². The van der Waals surface area contributed by atoms with Crippen molar-refractivity contribution in [3.05, 3.63) is 58.1 Å². The van der Waals surface area contributed by atoms with Crippen LogP contribution in [0.1, 0.15) is 17.3 Å². The zero-order chi connectivity index (χ0) is 13.1. The molecule has 0 aliphatic carbocycles. The second kappa shape index (κ2) is 6.88. The predicted molar refractivity (Wildman–Crippen MR) is 74.0 cm³/mol. The Kier molecular flexibility index (Phi) is 5.78. The summed E-state index contributed by atoms with van der Waals surface area (Å²) in [5.41, 5.74) is 7.06. The van der Waals surface area contributed by atoms with Gasteiger partial charge in [-0.25, -0.2) is 18.7 Å². The summed E-state index contributed by atoms with van der Waals surface area (Å²) in [6, 6.07) is 2.90. The van der Waals surface area contributed by atoms with E-state index in [1.54, 1.807) is 6.20 Å². The van der Waals surface area contributed by atoms with Crippen molar-refractivity contribution in [3.63, 3.8) is 0 Å². The molecule has 0 amide bonds. The summed E-state index contributed by atoms with van der Waals surface area (Å²) >= 11 is 3.29. The molecule has 1 atom stereocenters. The van der Waals surface area contributed by atoms with Crippen molar-refractivity contribution in [2.45, 2.75) is 12.5 Å². The third-order valence-electron chi connectivity index (χ3n) is 2.43. The summed E-state index contributed by atoms with van der Waals surface area (Å²) < 4.78 is 26.8. The summed E-state index contributed by atoms with van der Waals surface area (Å²) in [5, 5.41) is 0. The quantitative estimate of drug-likeness (QED) is 0.925. The molecule has 2 N–H and O–H groups in total. The summed E-state index contributed by atoms with van der Waals surface area (Å²) in [6.45, 7) is 0. The Balaban J connectivity index is 0.00000180. The van der Waals surface area contributed by atoms with Crippen molar-refractivity contribution in [2.24, 2.45) is 5.73 Å². The molecule has 0 radical (unpaired) electrons. The molecule has 2 rings (SSSR count). The van der Waals surface area contributed by atoms with Crippen LogP contribution in [0, 0.1) is 11.6 Å². The van der Waals surface area contributed by atoms with Crippen molar-refractivity contribution in [1.82, 2.24) is 9.97 Å². The van der Waals surface area contributed by atoms with E-state index in [9.17, 15) is 8.78 Å². The minimum atomic E-state index is -0.612. The number of rotatable bonds is 3. The van der Waals surface area contributed by atoms with Crippen LogP contribution in [0.25, 0.3) is 0 Å². The Morgan fingerprint density at radius 3 is 2.42 bits per heavy atom. The molecule has 1 aromatic carbocycles. The van der Waals surface area contributed by atoms with Gasteiger partial charge in [-0.2, -0.15) is 0 Å². The van der Waals surface area contributed by atoms with Crippen molar-refractivity contribution in [3.8, 4) is 0 Å². The Morgan fingerprint density at radius 2 is 1.84 bits per heavy atom. The molecule has 19 heavy (non-hydrogen) atoms. The molecule has 7 heteroatoms. The number of nitrogens with zero attached hydrogens (tertiary/aromatic N) is 2. The van der Waals surface area contributed by atoms with E-state index in [1.165, 1.54) is 18.5 Å². The van der Waals surface area contributed by atoms with Crippen molar-refractivity contribution in [2.75, 3.05) is 0 Å². The largest absolute Gasteiger partial charge is 0.322 e. The van der Waals surface area contributed by atoms with Crippen LogP contribution in [0.5, 0.6) is 0 Å². The van der Waals surface area contributed by atoms with Gasteiger partial charge in [0.15, 0.2) is 0 Å². The Morgan fingerprint density at radius 1 is 1.21 bits per heavy atom. The first-order valence-corrected chi connectivity index (χ1v) is 6.01. The highest BCUT2D eigenvalue weighted by Crippen LogP contribution is 2.22. The van der Waals surface area contributed by atoms with E-state index in [4.69, 9.17) is 5.73 Å². The Bertz CT molecular complexity index is 548. The fourth-order valence-corrected chi connectivity index (χ4v) is 2.19. The van der Waals surface area contributed by atoms with Gasteiger partial charge in [0.25, 0.3) is 0 Å². The molecule has 0 fully saturated rings. The minimum Gasteiger partial charge on any atom is -0.322 e. The zero-order valence-corrected chi connectivity index (χ0v) is 12.1. The van der Waals surface area contributed by atoms with E-state index in [1.807, 2.05) is 0 Å². The topological polar surface area (TPSA) is 51.8 Å². The molecule has 0 saturated carbocycles. The highest BCUT2D eigenvalue weighted by atomic mass is 79.9. The molecule has 0 saturated heterocycles. The maximum atomic E-state index is 13.0. The molecule has 1 heterocycles. The van der Waals surface area contributed by atoms with Gasteiger partial charge in [0.1, 0.15) is 18.0 Å². The molecule has 0 unspecified atom stereocenters. The molecule has 0 spiro atoms. The van der Waals surface area contributed by atoms with Crippen LogP contribution < -0.4 is 5.73 Å². The Labute approximate surface area is 123 Å². The van der Waals surface area contributed by atoms with Crippen molar-refractivity contribution < 1.29 is 8.78 Å². The molecule has 2 aromatic rings. The normalized spacial score (nSPS) is 11.8. The maximum Gasteiger partial charge on any atom is 0.126 e. The predicted octanol–water partition coefficient (Wildman–Crippen LogP) is 3.18. The average molecular weight is 351 g/mol. The van der Waals surface area contributed by atoms with E-state index < -0.39 is 17.7 Å². The summed E-state index contributed by atoms with van der Waals surface area (Å²) in [5.74, 6) is -1.22. The van der Waals surface area contributed by atoms with Crippen LogP contribution in [0.3, 0.4) is 0 Å². The summed E-state index contributed by atoms with van der Waals surface area (Å²) in [7, 11) is 0. The number of hydrogen-bond acceptors (Lipinski definition) is 3. The standard InChI is InChI=1S/C12H10BrF2N3.ClH/c13-10-5-17-6-18-12(10)11(16)3-7-1-8(14)4-9(15)2-7;/h1-2,4-6,11H,3,16H2;1H/t11-;/m0./s1. The number of benzene rings is 1. The number of aromatic nitrogens is 2. The fraction of sp³-hybridized carbons (Fsp3) is 0.167. The summed E-state index contributed by atoms with van der Waals surface area (Å²) in [6.07, 6.45) is 3.25. The van der Waals surface area contributed by atoms with Crippen LogP contribution in [0.4, 0.5) is 8.78 Å². The first-order chi connectivity index (χ1) is 8.56. The van der Waals surface area contributed by atoms with Crippen LogP contribution in [-0.2, 0) is 6.42 Å². The highest BCUT2D eigenvalue weighted by Gasteiger charge is 2.13. The molecule has 1 aromatic heterocycles. The van der Waals surface area contributed by atoms with Crippen molar-refractivity contribution >= 4 is 28.3 Å². The van der Waals surface area contributed by atoms with Gasteiger partial charge in [-0.15, -0.1) is 12.4 Å². The highest BCUT2D eigenvalue weighted by molar-refractivity contribution is 9.10. The maximum absolute atomic E-state index is 13.0. The average Bonchev–Trinajstić information content (AvgIpc) is 2.27. The molecule has 102 valence electrons. The second-order valence-electron chi connectivity index (χ2n) is 3.84. The van der Waals surface area contributed by atoms with Gasteiger partial charge in [0.05, 0.1) is 16.2 Å². The Hall–Kier alpha value is -1.11. The monoisotopic (exact) mass is 349 g/mol. The van der Waals surface area contributed by atoms with Crippen LogP contribution in [-0.4, -0.2) is 9.97 Å². The first kappa shape index (κ1) is 15.9. The number of halogens is 4. The van der Waals surface area contributed by atoms with E-state index >= 15 is 0 Å². The van der Waals surface area contributed by atoms with E-state index in [2.05, 4.69) is 25.9 Å². The fourth-order valence-electron chi connectivity index (χ4n) is 1.67. The second-order valence-corrected chi connectivity index (χ2v) is 4.70. The van der Waals surface area contributed by atoms with E-state index in [0.29, 0.717) is 22.2 Å². The van der Waals surface area contributed by atoms with E-state index in [-0.39, 0.29) is 12.4 Å². The molecule has 0 bridgehead atoms. The SMILES string of the molecule is Cl.N[C@@H](Cc1cc(F)cc(F)c1)c1ncncc1Br. The van der Waals surface area contributed by atoms with Gasteiger partial charge in [-0.1, -0.05) is 0 Å². The lowest BCUT2D eigenvalue weighted by Gasteiger charge is -2.12. The molecule has 0 aliphatic rings. The van der Waals surface area contributed by atoms with Crippen LogP contribution in [0.15, 0.2) is 35.2 Å². The number of nitrogens with two attached hydrogens (primary N) is 1. The third kappa shape index (κ3) is 4.19. The lowest BCUT2D eigenvalue weighted by atomic mass is 10.0. The smallest absolute Gasteiger partial charge is 0.126 e. The molecule has 0 aliphatic heterocycles. The van der Waals surface area contributed by atoms with Gasteiger partial charge in [-0.05, 0) is 40.0 Å². The van der Waals surface area contributed by atoms with Gasteiger partial charge in [-0.3, -0.25) is 0 Å². The lowest BCUT2D eigenvalue weighted by Crippen LogP contribution is -2.16. The zero-order valence-electron chi connectivity index (χ0n) is 9.69. The van der Waals surface area contributed by atoms with Crippen LogP contribution in [0.2, 0.25) is 0 Å². The van der Waals surface area contributed by atoms with Gasteiger partial charge < -0.3 is 5.73 Å². The van der Waals surface area contributed by atoms with Gasteiger partial charge in [0.2, 0.25) is 0 Å². The molecule has 3 nitrogen and oxygen atoms in total. The van der Waals surface area contributed by atoms with Gasteiger partial charge >= 0.3 is 0 Å². The van der Waals surface area contributed by atoms with E-state index in [0.717, 1.165) is 6.07 Å². The first-order valence-electron chi connectivity index (χ1n) is 5.22.